The molecule has 0 atom stereocenters. The lowest BCUT2D eigenvalue weighted by atomic mass is 9.95. The van der Waals surface area contributed by atoms with E-state index in [1.807, 2.05) is 0 Å². The average molecular weight is 250 g/mol. The standard InChI is InChI=1S/C10H6N2O4S/c11-12-10-7-2-1-3-9(17(14,15)16)6(7)4-5-8(10)13/h1-5H,(H,14,15,16). The van der Waals surface area contributed by atoms with Gasteiger partial charge in [-0.05, 0) is 24.3 Å². The number of allylic oxidation sites excluding steroid dienone is 1. The van der Waals surface area contributed by atoms with Crippen LogP contribution in [0.15, 0.2) is 29.2 Å². The highest BCUT2D eigenvalue weighted by molar-refractivity contribution is 7.86. The molecule has 0 bridgehead atoms. The molecular formula is C10H6N2O4S. The van der Waals surface area contributed by atoms with Crippen LogP contribution in [-0.4, -0.2) is 29.3 Å². The van der Waals surface area contributed by atoms with E-state index in [9.17, 15) is 13.2 Å². The average Bonchev–Trinajstić information content (AvgIpc) is 2.26. The summed E-state index contributed by atoms with van der Waals surface area (Å²) in [4.78, 5) is 13.9. The molecule has 6 nitrogen and oxygen atoms in total. The highest BCUT2D eigenvalue weighted by Gasteiger charge is 2.30. The molecule has 0 fully saturated rings. The molecule has 2 rings (SSSR count). The van der Waals surface area contributed by atoms with Crippen LogP contribution in [0.5, 0.6) is 0 Å². The van der Waals surface area contributed by atoms with Gasteiger partial charge in [-0.1, -0.05) is 6.07 Å². The minimum atomic E-state index is -4.39. The molecule has 1 aliphatic rings. The highest BCUT2D eigenvalue weighted by Crippen LogP contribution is 2.24. The van der Waals surface area contributed by atoms with E-state index < -0.39 is 15.9 Å². The number of nitrogens with zero attached hydrogens (tertiary/aromatic N) is 2. The van der Waals surface area contributed by atoms with Crippen LogP contribution in [0.25, 0.3) is 11.6 Å². The van der Waals surface area contributed by atoms with E-state index in [2.05, 4.69) is 4.79 Å². The Morgan fingerprint density at radius 3 is 2.53 bits per heavy atom. The van der Waals surface area contributed by atoms with Crippen LogP contribution in [0.3, 0.4) is 0 Å². The highest BCUT2D eigenvalue weighted by atomic mass is 32.2. The summed E-state index contributed by atoms with van der Waals surface area (Å²) in [5.41, 5.74) is 8.76. The summed E-state index contributed by atoms with van der Waals surface area (Å²) in [7, 11) is -4.39. The van der Waals surface area contributed by atoms with E-state index in [4.69, 9.17) is 10.1 Å². The summed E-state index contributed by atoms with van der Waals surface area (Å²) in [5, 5.41) is 0. The van der Waals surface area contributed by atoms with Crippen molar-refractivity contribution in [3.63, 3.8) is 0 Å². The minimum Gasteiger partial charge on any atom is -0.361 e. The van der Waals surface area contributed by atoms with E-state index >= 15 is 0 Å². The Labute approximate surface area is 96.6 Å². The first-order valence-electron chi connectivity index (χ1n) is 4.50. The fourth-order valence-electron chi connectivity index (χ4n) is 1.62. The van der Waals surface area contributed by atoms with Crippen LogP contribution in [0.2, 0.25) is 0 Å². The van der Waals surface area contributed by atoms with Crippen LogP contribution in [0, 0.1) is 0 Å². The van der Waals surface area contributed by atoms with E-state index in [-0.39, 0.29) is 21.7 Å². The summed E-state index contributed by atoms with van der Waals surface area (Å²) in [5.74, 6) is -0.535. The molecule has 1 aromatic carbocycles. The molecule has 1 aromatic rings. The Morgan fingerprint density at radius 2 is 1.94 bits per heavy atom. The number of carbonyl (C=O) groups excluding carboxylic acids is 1. The summed E-state index contributed by atoms with van der Waals surface area (Å²) in [6, 6.07) is 3.98. The normalized spacial score (nSPS) is 14.4. The van der Waals surface area contributed by atoms with Gasteiger partial charge in [0.05, 0.1) is 5.56 Å². The molecule has 0 heterocycles. The van der Waals surface area contributed by atoms with Gasteiger partial charge in [0.1, 0.15) is 4.90 Å². The van der Waals surface area contributed by atoms with E-state index in [0.29, 0.717) is 0 Å². The largest absolute Gasteiger partial charge is 0.369 e. The van der Waals surface area contributed by atoms with Crippen LogP contribution >= 0.6 is 0 Å². The SMILES string of the molecule is [N-]=[N+]=C1C(=O)C=Cc2c1cccc2S(=O)(=O)O. The molecule has 7 heteroatoms. The van der Waals surface area contributed by atoms with Gasteiger partial charge in [0.2, 0.25) is 0 Å². The van der Waals surface area contributed by atoms with Gasteiger partial charge in [0.25, 0.3) is 15.9 Å². The Hall–Kier alpha value is -2.08. The molecule has 0 spiro atoms. The van der Waals surface area contributed by atoms with Crippen molar-refractivity contribution >= 4 is 27.7 Å². The number of carbonyl (C=O) groups is 1. The van der Waals surface area contributed by atoms with Crippen LogP contribution < -0.4 is 0 Å². The monoisotopic (exact) mass is 250 g/mol. The predicted molar refractivity (Wildman–Crippen MR) is 58.0 cm³/mol. The van der Waals surface area contributed by atoms with Gasteiger partial charge in [-0.15, -0.1) is 0 Å². The zero-order valence-corrected chi connectivity index (χ0v) is 9.18. The van der Waals surface area contributed by atoms with Gasteiger partial charge >= 0.3 is 5.71 Å². The van der Waals surface area contributed by atoms with Gasteiger partial charge in [-0.2, -0.15) is 13.2 Å². The second-order valence-corrected chi connectivity index (χ2v) is 4.73. The van der Waals surface area contributed by atoms with Gasteiger partial charge in [-0.3, -0.25) is 9.35 Å². The Morgan fingerprint density at radius 1 is 1.24 bits per heavy atom. The third-order valence-corrected chi connectivity index (χ3v) is 3.25. The van der Waals surface area contributed by atoms with Gasteiger partial charge in [0.15, 0.2) is 0 Å². The number of fused-ring (bicyclic) bond motifs is 1. The first-order chi connectivity index (χ1) is 7.95. The molecule has 0 aliphatic heterocycles. The topological polar surface area (TPSA) is 108 Å². The first kappa shape index (κ1) is 11.4. The maximum Gasteiger partial charge on any atom is 0.369 e. The summed E-state index contributed by atoms with van der Waals surface area (Å²) in [6.07, 6.45) is 2.33. The fourth-order valence-corrected chi connectivity index (χ4v) is 2.33. The predicted octanol–water partition coefficient (Wildman–Crippen LogP) is 0.548. The van der Waals surface area contributed by atoms with Crippen molar-refractivity contribution in [2.75, 3.05) is 0 Å². The summed E-state index contributed by atoms with van der Waals surface area (Å²) < 4.78 is 31.3. The Kier molecular flexibility index (Phi) is 2.51. The second-order valence-electron chi connectivity index (χ2n) is 3.34. The lowest BCUT2D eigenvalue weighted by molar-refractivity contribution is -0.112. The maximum atomic E-state index is 11.4. The van der Waals surface area contributed by atoms with E-state index in [1.54, 1.807) is 0 Å². The summed E-state index contributed by atoms with van der Waals surface area (Å²) in [6.45, 7) is 0. The van der Waals surface area contributed by atoms with Gasteiger partial charge < -0.3 is 5.53 Å². The van der Waals surface area contributed by atoms with Crippen molar-refractivity contribution in [2.45, 2.75) is 4.90 Å². The number of ketones is 1. The molecule has 0 amide bonds. The maximum absolute atomic E-state index is 11.4. The molecule has 0 radical (unpaired) electrons. The summed E-state index contributed by atoms with van der Waals surface area (Å²) >= 11 is 0. The van der Waals surface area contributed by atoms with E-state index in [1.165, 1.54) is 24.3 Å². The van der Waals surface area contributed by atoms with Crippen LogP contribution in [0.1, 0.15) is 11.1 Å². The van der Waals surface area contributed by atoms with Crippen LogP contribution in [-0.2, 0) is 14.9 Å². The van der Waals surface area contributed by atoms with Crippen molar-refractivity contribution in [3.05, 3.63) is 40.9 Å². The molecule has 0 saturated carbocycles. The number of hydrogen-bond donors (Lipinski definition) is 1. The lowest BCUT2D eigenvalue weighted by Crippen LogP contribution is -2.20. The molecule has 0 saturated heterocycles. The van der Waals surface area contributed by atoms with Gasteiger partial charge in [0, 0.05) is 5.56 Å². The van der Waals surface area contributed by atoms with Crippen molar-refractivity contribution in [1.82, 2.24) is 0 Å². The molecule has 1 aliphatic carbocycles. The number of rotatable bonds is 1. The molecule has 0 unspecified atom stereocenters. The first-order valence-corrected chi connectivity index (χ1v) is 5.94. The van der Waals surface area contributed by atoms with Gasteiger partial charge in [-0.25, -0.2) is 0 Å². The van der Waals surface area contributed by atoms with Crippen LogP contribution in [0.4, 0.5) is 0 Å². The fraction of sp³-hybridized carbons (Fsp3) is 0. The number of hydrogen-bond acceptors (Lipinski definition) is 3. The smallest absolute Gasteiger partial charge is 0.361 e. The Balaban J connectivity index is 2.86. The third-order valence-electron chi connectivity index (χ3n) is 2.33. The third kappa shape index (κ3) is 1.83. The molecule has 86 valence electrons. The zero-order chi connectivity index (χ0) is 12.6. The second kappa shape index (κ2) is 3.74. The zero-order valence-electron chi connectivity index (χ0n) is 8.36. The quantitative estimate of drug-likeness (QED) is 0.446. The molecule has 1 N–H and O–H groups in total. The molecule has 0 aromatic heterocycles. The lowest BCUT2D eigenvalue weighted by Gasteiger charge is -2.09. The van der Waals surface area contributed by atoms with E-state index in [0.717, 1.165) is 6.08 Å². The van der Waals surface area contributed by atoms with Crippen molar-refractivity contribution in [2.24, 2.45) is 0 Å². The van der Waals surface area contributed by atoms with Crippen molar-refractivity contribution < 1.29 is 22.6 Å². The minimum absolute atomic E-state index is 0.127. The molecule has 17 heavy (non-hydrogen) atoms. The van der Waals surface area contributed by atoms with Crippen molar-refractivity contribution in [1.29, 1.82) is 0 Å². The number of benzene rings is 1. The Bertz CT molecular complexity index is 697. The van der Waals surface area contributed by atoms with Crippen molar-refractivity contribution in [3.8, 4) is 0 Å². The molecular weight excluding hydrogens is 244 g/mol.